The van der Waals surface area contributed by atoms with Gasteiger partial charge in [-0.05, 0) is 66.9 Å². The van der Waals surface area contributed by atoms with Crippen LogP contribution in [0, 0.1) is 0 Å². The minimum absolute atomic E-state index is 0.0187. The number of ether oxygens (including phenoxy) is 1. The fourth-order valence-corrected chi connectivity index (χ4v) is 5.37. The molecule has 0 bridgehead atoms. The number of hydrogen-bond acceptors (Lipinski definition) is 6. The van der Waals surface area contributed by atoms with E-state index in [1.54, 1.807) is 48.5 Å². The molecule has 0 aliphatic heterocycles. The molecule has 0 fully saturated rings. The van der Waals surface area contributed by atoms with Crippen molar-refractivity contribution < 1.29 is 24.9 Å². The number of H-pyrrole nitrogens is 1. The Hall–Kier alpha value is -4.05. The Morgan fingerprint density at radius 2 is 1.68 bits per heavy atom. The molecule has 0 aliphatic carbocycles. The molecule has 9 nitrogen and oxygen atoms in total. The zero-order chi connectivity index (χ0) is 31.3. The van der Waals surface area contributed by atoms with E-state index in [4.69, 9.17) is 16.3 Å². The average Bonchev–Trinajstić information content (AvgIpc) is 3.00. The van der Waals surface area contributed by atoms with E-state index in [2.05, 4.69) is 10.3 Å². The molecule has 44 heavy (non-hydrogen) atoms. The summed E-state index contributed by atoms with van der Waals surface area (Å²) in [5, 5.41) is 34.9. The Morgan fingerprint density at radius 1 is 0.932 bits per heavy atom. The summed E-state index contributed by atoms with van der Waals surface area (Å²) in [6, 6.07) is 20.5. The molecule has 1 heterocycles. The minimum Gasteiger partial charge on any atom is -0.506 e. The molecule has 0 spiro atoms. The van der Waals surface area contributed by atoms with E-state index in [9.17, 15) is 24.9 Å². The van der Waals surface area contributed by atoms with E-state index < -0.39 is 12.2 Å². The molecule has 3 aromatic carbocycles. The Labute approximate surface area is 262 Å². The number of aromatic hydroxyl groups is 1. The van der Waals surface area contributed by atoms with Crippen LogP contribution in [0.15, 0.2) is 77.6 Å². The van der Waals surface area contributed by atoms with Gasteiger partial charge in [0.05, 0.1) is 30.5 Å². The lowest BCUT2D eigenvalue weighted by molar-refractivity contribution is 0.176. The number of amides is 1. The highest BCUT2D eigenvalue weighted by atomic mass is 35.5. The van der Waals surface area contributed by atoms with Crippen LogP contribution in [0.4, 0.5) is 10.5 Å². The molecule has 0 saturated carbocycles. The monoisotopic (exact) mass is 621 g/mol. The van der Waals surface area contributed by atoms with Crippen LogP contribution in [0.5, 0.6) is 11.5 Å². The number of aliphatic hydroxyl groups is 1. The number of hydrogen-bond donors (Lipinski definition) is 5. The summed E-state index contributed by atoms with van der Waals surface area (Å²) in [5.41, 5.74) is 2.05. The second-order valence-electron chi connectivity index (χ2n) is 10.8. The van der Waals surface area contributed by atoms with Crippen LogP contribution in [0.25, 0.3) is 10.9 Å². The molecule has 4 rings (SSSR count). The molecule has 234 valence electrons. The number of phenols is 1. The Bertz CT molecular complexity index is 1580. The minimum atomic E-state index is -1.04. The third kappa shape index (κ3) is 9.74. The number of aromatic nitrogens is 1. The lowest BCUT2D eigenvalue weighted by atomic mass is 10.0. The van der Waals surface area contributed by atoms with Crippen molar-refractivity contribution in [3.63, 3.8) is 0 Å². The average molecular weight is 622 g/mol. The quantitative estimate of drug-likeness (QED) is 0.0801. The van der Waals surface area contributed by atoms with Crippen molar-refractivity contribution in [2.45, 2.75) is 57.6 Å². The maximum atomic E-state index is 11.9. The van der Waals surface area contributed by atoms with Gasteiger partial charge in [-0.3, -0.25) is 9.69 Å². The summed E-state index contributed by atoms with van der Waals surface area (Å²) in [6.07, 6.45) is 5.72. The molecular formula is C34H40ClN3O6. The van der Waals surface area contributed by atoms with Crippen molar-refractivity contribution >= 4 is 34.3 Å². The van der Waals surface area contributed by atoms with E-state index >= 15 is 0 Å². The van der Waals surface area contributed by atoms with Crippen molar-refractivity contribution in [2.75, 3.05) is 24.6 Å². The van der Waals surface area contributed by atoms with E-state index in [0.717, 1.165) is 57.1 Å². The van der Waals surface area contributed by atoms with Gasteiger partial charge in [0.1, 0.15) is 11.5 Å². The number of nitrogens with one attached hydrogen (secondary N) is 2. The van der Waals surface area contributed by atoms with Crippen molar-refractivity contribution in [3.8, 4) is 11.5 Å². The van der Waals surface area contributed by atoms with Gasteiger partial charge in [0.25, 0.3) is 0 Å². The van der Waals surface area contributed by atoms with E-state index in [1.807, 2.05) is 12.1 Å². The van der Waals surface area contributed by atoms with Crippen LogP contribution in [0.2, 0.25) is 5.02 Å². The largest absolute Gasteiger partial charge is 0.506 e. The van der Waals surface area contributed by atoms with Gasteiger partial charge in [0.15, 0.2) is 0 Å². The Balaban J connectivity index is 1.07. The van der Waals surface area contributed by atoms with E-state index in [-0.39, 0.29) is 17.9 Å². The Kier molecular flexibility index (Phi) is 12.5. The molecular weight excluding hydrogens is 582 g/mol. The van der Waals surface area contributed by atoms with Crippen LogP contribution >= 0.6 is 11.6 Å². The first-order valence-corrected chi connectivity index (χ1v) is 15.4. The highest BCUT2D eigenvalue weighted by molar-refractivity contribution is 6.30. The van der Waals surface area contributed by atoms with Crippen LogP contribution in [-0.2, 0) is 6.54 Å². The number of rotatable bonds is 17. The fraction of sp³-hybridized carbons (Fsp3) is 0.353. The molecule has 1 atom stereocenters. The van der Waals surface area contributed by atoms with Gasteiger partial charge >= 0.3 is 6.09 Å². The third-order valence-corrected chi connectivity index (χ3v) is 7.70. The molecule has 10 heteroatoms. The van der Waals surface area contributed by atoms with Crippen molar-refractivity contribution in [2.24, 2.45) is 0 Å². The molecule has 0 radical (unpaired) electrons. The highest BCUT2D eigenvalue weighted by Crippen LogP contribution is 2.28. The van der Waals surface area contributed by atoms with Gasteiger partial charge in [0.2, 0.25) is 5.56 Å². The molecule has 4 aromatic rings. The summed E-state index contributed by atoms with van der Waals surface area (Å²) in [7, 11) is 0. The standard InChI is InChI=1S/C34H40ClN3O6/c35-25-11-8-10-24(20-25)23-38(34(42)43)26-12-9-13-27(21-26)44-19-7-5-3-1-2-4-6-18-36-22-31(40)28-14-16-30(39)33-29(28)15-17-32(41)37-33/h8-17,20-21,31,36,39-40H,1-7,18-19,22-23H2,(H,37,41)(H,42,43)/t31-/m0/s1. The topological polar surface area (TPSA) is 135 Å². The normalized spacial score (nSPS) is 11.9. The van der Waals surface area contributed by atoms with Gasteiger partial charge in [-0.1, -0.05) is 68.0 Å². The lowest BCUT2D eigenvalue weighted by Gasteiger charge is -2.20. The smallest absolute Gasteiger partial charge is 0.412 e. The second kappa shape index (κ2) is 16.7. The molecule has 0 aliphatic rings. The molecule has 0 saturated heterocycles. The highest BCUT2D eigenvalue weighted by Gasteiger charge is 2.16. The number of aliphatic hydroxyl groups excluding tert-OH is 1. The number of anilines is 1. The van der Waals surface area contributed by atoms with E-state index in [0.29, 0.717) is 46.1 Å². The molecule has 0 unspecified atom stereocenters. The predicted octanol–water partition coefficient (Wildman–Crippen LogP) is 7.00. The first-order chi connectivity index (χ1) is 21.3. The summed E-state index contributed by atoms with van der Waals surface area (Å²) < 4.78 is 5.91. The number of carboxylic acid groups (broad SMARTS) is 1. The van der Waals surface area contributed by atoms with Gasteiger partial charge < -0.3 is 30.4 Å². The number of halogens is 1. The van der Waals surface area contributed by atoms with Gasteiger partial charge in [-0.2, -0.15) is 0 Å². The van der Waals surface area contributed by atoms with Crippen molar-refractivity contribution in [1.29, 1.82) is 0 Å². The lowest BCUT2D eigenvalue weighted by Crippen LogP contribution is -2.28. The van der Waals surface area contributed by atoms with E-state index in [1.165, 1.54) is 17.0 Å². The number of carbonyl (C=O) groups is 1. The summed E-state index contributed by atoms with van der Waals surface area (Å²) in [4.78, 5) is 27.4. The number of aromatic amines is 1. The van der Waals surface area contributed by atoms with Gasteiger partial charge in [-0.25, -0.2) is 4.79 Å². The summed E-state index contributed by atoms with van der Waals surface area (Å²) in [5.74, 6) is 0.626. The second-order valence-corrected chi connectivity index (χ2v) is 11.3. The van der Waals surface area contributed by atoms with Crippen LogP contribution in [0.3, 0.4) is 0 Å². The van der Waals surface area contributed by atoms with Crippen molar-refractivity contribution in [3.05, 3.63) is 99.3 Å². The van der Waals surface area contributed by atoms with Gasteiger partial charge in [0, 0.05) is 29.1 Å². The van der Waals surface area contributed by atoms with Gasteiger partial charge in [-0.15, -0.1) is 0 Å². The Morgan fingerprint density at radius 3 is 2.45 bits per heavy atom. The van der Waals surface area contributed by atoms with Crippen LogP contribution in [-0.4, -0.2) is 46.1 Å². The number of pyridine rings is 1. The predicted molar refractivity (Wildman–Crippen MR) is 174 cm³/mol. The maximum absolute atomic E-state index is 11.9. The summed E-state index contributed by atoms with van der Waals surface area (Å²) in [6.45, 7) is 1.95. The first-order valence-electron chi connectivity index (χ1n) is 15.0. The first kappa shape index (κ1) is 32.9. The van der Waals surface area contributed by atoms with Crippen LogP contribution in [0.1, 0.15) is 62.2 Å². The number of phenolic OH excluding ortho intramolecular Hbond substituents is 1. The number of fused-ring (bicyclic) bond motifs is 1. The van der Waals surface area contributed by atoms with Crippen LogP contribution < -0.4 is 20.5 Å². The SMILES string of the molecule is O=C(O)N(Cc1cccc(Cl)c1)c1cccc(OCCCCCCCCCNC[C@H](O)c2ccc(O)c3[nH]c(=O)ccc23)c1. The maximum Gasteiger partial charge on any atom is 0.412 e. The number of unbranched alkanes of at least 4 members (excludes halogenated alkanes) is 6. The third-order valence-electron chi connectivity index (χ3n) is 7.46. The zero-order valence-electron chi connectivity index (χ0n) is 24.7. The fourth-order valence-electron chi connectivity index (χ4n) is 5.15. The van der Waals surface area contributed by atoms with Crippen molar-refractivity contribution in [1.82, 2.24) is 10.3 Å². The molecule has 1 amide bonds. The number of benzene rings is 3. The molecule has 1 aromatic heterocycles. The summed E-state index contributed by atoms with van der Waals surface area (Å²) >= 11 is 6.05. The number of nitrogens with zero attached hydrogens (tertiary/aromatic N) is 1. The molecule has 5 N–H and O–H groups in total. The zero-order valence-corrected chi connectivity index (χ0v) is 25.4.